The van der Waals surface area contributed by atoms with Crippen LogP contribution in [-0.4, -0.2) is 42.8 Å². The molecule has 0 saturated heterocycles. The van der Waals surface area contributed by atoms with E-state index in [1.165, 1.54) is 17.9 Å². The Kier molecular flexibility index (Phi) is 6.90. The molecule has 1 N–H and O–H groups in total. The number of carbonyl (C=O) groups is 1. The first kappa shape index (κ1) is 26.1. The third-order valence-electron chi connectivity index (χ3n) is 4.13. The molecule has 1 amide bonds. The Morgan fingerprint density at radius 2 is 1.74 bits per heavy atom. The molecule has 0 spiro atoms. The minimum absolute atomic E-state index is 0.157. The molecular weight excluding hydrogens is 534 g/mol. The van der Waals surface area contributed by atoms with Crippen molar-refractivity contribution >= 4 is 27.5 Å². The number of methoxy groups -OCH3 is 1. The van der Waals surface area contributed by atoms with Crippen LogP contribution in [0.2, 0.25) is 5.02 Å². The van der Waals surface area contributed by atoms with Gasteiger partial charge in [0.1, 0.15) is 16.4 Å². The van der Waals surface area contributed by atoms with E-state index in [2.05, 4.69) is 15.0 Å². The first-order chi connectivity index (χ1) is 16.1. The Labute approximate surface area is 197 Å². The van der Waals surface area contributed by atoms with E-state index < -0.39 is 50.5 Å². The quantitative estimate of drug-likeness (QED) is 0.467. The number of benzene rings is 2. The number of aromatic nitrogens is 3. The molecular formula is C18H11ClF6N4O5S. The molecule has 0 saturated carbocycles. The number of carbonyl (C=O) groups excluding carboxylic acids is 1. The molecule has 0 aliphatic rings. The predicted molar refractivity (Wildman–Crippen MR) is 106 cm³/mol. The predicted octanol–water partition coefficient (Wildman–Crippen LogP) is 3.97. The van der Waals surface area contributed by atoms with Crippen molar-refractivity contribution < 1.29 is 49.0 Å². The Balaban J connectivity index is 2.04. The molecule has 2 aromatic carbocycles. The number of nitrogens with zero attached hydrogens (tertiary/aromatic N) is 3. The van der Waals surface area contributed by atoms with Crippen LogP contribution < -0.4 is 14.2 Å². The standard InChI is InChI=1S/C18H11ClF6N4O5S/c1-33-9-6-7-11(10(19)8-9)29-15(17(20,21)22)14(26-28-29)16(30)27-35(31,32)13-5-3-2-4-12(13)34-18(23,24)25/h2-8H,1H3,(H,27,30). The van der Waals surface area contributed by atoms with Gasteiger partial charge in [0.2, 0.25) is 0 Å². The van der Waals surface area contributed by atoms with Crippen LogP contribution in [0.5, 0.6) is 11.5 Å². The summed E-state index contributed by atoms with van der Waals surface area (Å²) in [5.41, 5.74) is -3.66. The topological polar surface area (TPSA) is 112 Å². The molecule has 188 valence electrons. The van der Waals surface area contributed by atoms with Gasteiger partial charge in [-0.05, 0) is 24.3 Å². The fourth-order valence-electron chi connectivity index (χ4n) is 2.75. The van der Waals surface area contributed by atoms with Crippen molar-refractivity contribution in [2.45, 2.75) is 17.4 Å². The normalized spacial score (nSPS) is 12.3. The Morgan fingerprint density at radius 1 is 1.09 bits per heavy atom. The summed E-state index contributed by atoms with van der Waals surface area (Å²) in [7, 11) is -3.88. The van der Waals surface area contributed by atoms with Gasteiger partial charge in [-0.1, -0.05) is 28.9 Å². The van der Waals surface area contributed by atoms with Crippen LogP contribution in [0.1, 0.15) is 16.2 Å². The van der Waals surface area contributed by atoms with Gasteiger partial charge in [0.25, 0.3) is 15.9 Å². The summed E-state index contributed by atoms with van der Waals surface area (Å²) in [5, 5.41) is 6.09. The van der Waals surface area contributed by atoms with Gasteiger partial charge in [-0.15, -0.1) is 18.3 Å². The molecule has 9 nitrogen and oxygen atoms in total. The number of sulfonamides is 1. The van der Waals surface area contributed by atoms with Crippen molar-refractivity contribution in [3.63, 3.8) is 0 Å². The number of alkyl halides is 6. The number of hydrogen-bond acceptors (Lipinski definition) is 7. The van der Waals surface area contributed by atoms with Crippen molar-refractivity contribution in [3.05, 3.63) is 58.9 Å². The number of nitrogens with one attached hydrogen (secondary N) is 1. The molecule has 0 bridgehead atoms. The largest absolute Gasteiger partial charge is 0.573 e. The summed E-state index contributed by atoms with van der Waals surface area (Å²) >= 11 is 5.97. The second-order valence-corrected chi connectivity index (χ2v) is 8.50. The van der Waals surface area contributed by atoms with E-state index >= 15 is 0 Å². The molecule has 1 heterocycles. The summed E-state index contributed by atoms with van der Waals surface area (Å²) in [4.78, 5) is 11.3. The van der Waals surface area contributed by atoms with Crippen LogP contribution in [0, 0.1) is 0 Å². The average Bonchev–Trinajstić information content (AvgIpc) is 3.18. The number of hydrogen-bond donors (Lipinski definition) is 1. The van der Waals surface area contributed by atoms with Crippen molar-refractivity contribution in [1.82, 2.24) is 19.7 Å². The number of para-hydroxylation sites is 1. The maximum atomic E-state index is 13.8. The van der Waals surface area contributed by atoms with Gasteiger partial charge in [-0.2, -0.15) is 13.2 Å². The molecule has 0 atom stereocenters. The van der Waals surface area contributed by atoms with E-state index in [-0.39, 0.29) is 21.1 Å². The van der Waals surface area contributed by atoms with Crippen molar-refractivity contribution in [3.8, 4) is 17.2 Å². The van der Waals surface area contributed by atoms with Gasteiger partial charge in [0, 0.05) is 6.07 Å². The molecule has 0 aliphatic heterocycles. The highest BCUT2D eigenvalue weighted by molar-refractivity contribution is 7.90. The zero-order valence-electron chi connectivity index (χ0n) is 17.0. The monoisotopic (exact) mass is 544 g/mol. The lowest BCUT2D eigenvalue weighted by Crippen LogP contribution is -2.33. The molecule has 0 fully saturated rings. The van der Waals surface area contributed by atoms with Gasteiger partial charge in [0.05, 0.1) is 17.8 Å². The smallest absolute Gasteiger partial charge is 0.497 e. The minimum atomic E-state index is -5.29. The van der Waals surface area contributed by atoms with Crippen LogP contribution in [0.3, 0.4) is 0 Å². The van der Waals surface area contributed by atoms with Crippen molar-refractivity contribution in [1.29, 1.82) is 0 Å². The van der Waals surface area contributed by atoms with Crippen LogP contribution in [0.15, 0.2) is 47.4 Å². The molecule has 3 aromatic rings. The SMILES string of the molecule is COc1ccc(-n2nnc(C(=O)NS(=O)(=O)c3ccccc3OC(F)(F)F)c2C(F)(F)F)c(Cl)c1. The Bertz CT molecular complexity index is 1370. The lowest BCUT2D eigenvalue weighted by molar-refractivity contribution is -0.275. The number of ether oxygens (including phenoxy) is 2. The van der Waals surface area contributed by atoms with Crippen LogP contribution in [-0.2, 0) is 16.2 Å². The van der Waals surface area contributed by atoms with E-state index in [0.29, 0.717) is 12.1 Å². The van der Waals surface area contributed by atoms with Crippen LogP contribution in [0.25, 0.3) is 5.69 Å². The summed E-state index contributed by atoms with van der Waals surface area (Å²) in [5.74, 6) is -2.95. The van der Waals surface area contributed by atoms with E-state index in [1.54, 1.807) is 0 Å². The maximum Gasteiger partial charge on any atom is 0.573 e. The maximum absolute atomic E-state index is 13.8. The molecule has 1 aromatic heterocycles. The van der Waals surface area contributed by atoms with E-state index in [9.17, 15) is 39.6 Å². The first-order valence-electron chi connectivity index (χ1n) is 8.93. The van der Waals surface area contributed by atoms with Crippen LogP contribution in [0.4, 0.5) is 26.3 Å². The highest BCUT2D eigenvalue weighted by atomic mass is 35.5. The zero-order valence-corrected chi connectivity index (χ0v) is 18.6. The number of amides is 1. The van der Waals surface area contributed by atoms with E-state index in [4.69, 9.17) is 16.3 Å². The fourth-order valence-corrected chi connectivity index (χ4v) is 4.08. The Morgan fingerprint density at radius 3 is 2.31 bits per heavy atom. The van der Waals surface area contributed by atoms with E-state index in [0.717, 1.165) is 24.3 Å². The summed E-state index contributed by atoms with van der Waals surface area (Å²) < 4.78 is 114. The molecule has 0 radical (unpaired) electrons. The van der Waals surface area contributed by atoms with Crippen LogP contribution >= 0.6 is 11.6 Å². The third kappa shape index (κ3) is 5.76. The number of rotatable bonds is 6. The van der Waals surface area contributed by atoms with Gasteiger partial charge in [0.15, 0.2) is 11.4 Å². The highest BCUT2D eigenvalue weighted by Gasteiger charge is 2.43. The molecule has 0 unspecified atom stereocenters. The van der Waals surface area contributed by atoms with Crippen molar-refractivity contribution in [2.24, 2.45) is 0 Å². The second-order valence-electron chi connectivity index (χ2n) is 6.44. The molecule has 17 heteroatoms. The van der Waals surface area contributed by atoms with Crippen molar-refractivity contribution in [2.75, 3.05) is 7.11 Å². The lowest BCUT2D eigenvalue weighted by Gasteiger charge is -2.14. The summed E-state index contributed by atoms with van der Waals surface area (Å²) in [6.45, 7) is 0. The van der Waals surface area contributed by atoms with Gasteiger partial charge in [-0.25, -0.2) is 17.8 Å². The van der Waals surface area contributed by atoms with Gasteiger partial charge >= 0.3 is 12.5 Å². The first-order valence-corrected chi connectivity index (χ1v) is 10.8. The fraction of sp³-hybridized carbons (Fsp3) is 0.167. The Hall–Kier alpha value is -3.53. The summed E-state index contributed by atoms with van der Waals surface area (Å²) in [6, 6.07) is 6.77. The zero-order chi connectivity index (χ0) is 26.2. The molecule has 3 rings (SSSR count). The molecule has 0 aliphatic carbocycles. The van der Waals surface area contributed by atoms with Gasteiger partial charge in [-0.3, -0.25) is 4.79 Å². The lowest BCUT2D eigenvalue weighted by atomic mass is 10.2. The second kappa shape index (κ2) is 9.26. The minimum Gasteiger partial charge on any atom is -0.497 e. The molecule has 35 heavy (non-hydrogen) atoms. The average molecular weight is 545 g/mol. The van der Waals surface area contributed by atoms with E-state index in [1.807, 2.05) is 0 Å². The summed E-state index contributed by atoms with van der Waals surface area (Å²) in [6.07, 6.45) is -10.6. The third-order valence-corrected chi connectivity index (χ3v) is 5.80. The highest BCUT2D eigenvalue weighted by Crippen LogP contribution is 2.35. The number of halogens is 7. The van der Waals surface area contributed by atoms with Gasteiger partial charge < -0.3 is 9.47 Å².